The second-order valence-corrected chi connectivity index (χ2v) is 3.03. The lowest BCUT2D eigenvalue weighted by Crippen LogP contribution is -2.34. The van der Waals surface area contributed by atoms with Gasteiger partial charge in [-0.05, 0) is 6.07 Å². The highest BCUT2D eigenvalue weighted by Gasteiger charge is 2.59. The van der Waals surface area contributed by atoms with E-state index in [9.17, 15) is 31.9 Å². The van der Waals surface area contributed by atoms with Crippen LogP contribution < -0.4 is 5.32 Å². The molecule has 0 saturated carbocycles. The first-order chi connectivity index (χ1) is 7.66. The number of benzene rings is 1. The Kier molecular flexibility index (Phi) is 3.25. The topological polar surface area (TPSA) is 49.0 Å². The Morgan fingerprint density at radius 1 is 1.06 bits per heavy atom. The maximum Gasteiger partial charge on any atom is 0.458 e. The summed E-state index contributed by atoms with van der Waals surface area (Å²) in [7, 11) is 0. The number of nitrogens with one attached hydrogen (secondary N) is 1. The minimum absolute atomic E-state index is 0.485. The van der Waals surface area contributed by atoms with E-state index in [1.807, 2.05) is 0 Å². The van der Waals surface area contributed by atoms with Gasteiger partial charge in [0.1, 0.15) is 0 Å². The van der Waals surface area contributed by atoms with Crippen molar-refractivity contribution in [3.63, 3.8) is 0 Å². The fraction of sp³-hybridized carbons (Fsp3) is 0.222. The number of alkyl halides is 5. The second kappa shape index (κ2) is 4.19. The number of hydrogen-bond acceptors (Lipinski definition) is 1. The van der Waals surface area contributed by atoms with Gasteiger partial charge < -0.3 is 0 Å². The van der Waals surface area contributed by atoms with Gasteiger partial charge in [-0.25, -0.2) is 9.90 Å². The molecule has 0 bridgehead atoms. The third kappa shape index (κ3) is 2.63. The number of rotatable bonds is 2. The number of carbonyl (C=O) groups excluding carboxylic acids is 1. The van der Waals surface area contributed by atoms with Crippen molar-refractivity contribution in [3.05, 3.63) is 29.8 Å². The fourth-order valence-corrected chi connectivity index (χ4v) is 1.13. The number of anilines is 1. The van der Waals surface area contributed by atoms with Gasteiger partial charge in [0, 0.05) is 0 Å². The molecule has 0 heterocycles. The number of carbonyl (C=O) groups is 1. The largest absolute Gasteiger partial charge is 0.458 e. The molecule has 0 aliphatic heterocycles. The Hall–Kier alpha value is -1.86. The van der Waals surface area contributed by atoms with E-state index < -0.39 is 29.4 Å². The minimum atomic E-state index is -5.81. The van der Waals surface area contributed by atoms with Gasteiger partial charge in [0.05, 0.1) is 11.3 Å². The zero-order chi connectivity index (χ0) is 13.3. The number of amides is 1. The molecule has 17 heavy (non-hydrogen) atoms. The van der Waals surface area contributed by atoms with E-state index in [1.54, 1.807) is 0 Å². The van der Waals surface area contributed by atoms with Gasteiger partial charge in [-0.15, -0.1) is 0 Å². The van der Waals surface area contributed by atoms with Crippen molar-refractivity contribution in [3.8, 4) is 0 Å². The van der Waals surface area contributed by atoms with Gasteiger partial charge in [-0.2, -0.15) is 22.0 Å². The average molecular weight is 254 g/mol. The SMILES string of the molecule is [O]C(=O)Nc1ccccc1C(F)(F)C(F)(F)F. The van der Waals surface area contributed by atoms with Crippen molar-refractivity contribution >= 4 is 11.8 Å². The third-order valence-electron chi connectivity index (χ3n) is 1.86. The predicted molar refractivity (Wildman–Crippen MR) is 46.1 cm³/mol. The molecule has 0 fully saturated rings. The summed E-state index contributed by atoms with van der Waals surface area (Å²) in [5.41, 5.74) is -2.34. The van der Waals surface area contributed by atoms with Crippen LogP contribution in [0.25, 0.3) is 0 Å². The number of halogens is 5. The molecule has 0 unspecified atom stereocenters. The van der Waals surface area contributed by atoms with Crippen LogP contribution >= 0.6 is 0 Å². The van der Waals surface area contributed by atoms with Crippen LogP contribution in [0.4, 0.5) is 32.4 Å². The monoisotopic (exact) mass is 254 g/mol. The fourth-order valence-electron chi connectivity index (χ4n) is 1.13. The molecule has 0 aromatic heterocycles. The smallest absolute Gasteiger partial charge is 0.288 e. The van der Waals surface area contributed by atoms with Crippen molar-refractivity contribution in [1.29, 1.82) is 0 Å². The normalized spacial score (nSPS) is 12.3. The average Bonchev–Trinajstić information content (AvgIpc) is 2.15. The van der Waals surface area contributed by atoms with Crippen LogP contribution in [0.3, 0.4) is 0 Å². The first-order valence-corrected chi connectivity index (χ1v) is 4.18. The molecule has 8 heteroatoms. The quantitative estimate of drug-likeness (QED) is 0.808. The van der Waals surface area contributed by atoms with Crippen LogP contribution in [-0.4, -0.2) is 12.3 Å². The Bertz CT molecular complexity index is 430. The maximum atomic E-state index is 13.0. The summed E-state index contributed by atoms with van der Waals surface area (Å²) in [5, 5.41) is 11.5. The van der Waals surface area contributed by atoms with E-state index in [1.165, 1.54) is 5.32 Å². The Morgan fingerprint density at radius 2 is 1.59 bits per heavy atom. The van der Waals surface area contributed by atoms with Gasteiger partial charge in [-0.1, -0.05) is 18.2 Å². The zero-order valence-electron chi connectivity index (χ0n) is 8.02. The number of hydrogen-bond donors (Lipinski definition) is 1. The predicted octanol–water partition coefficient (Wildman–Crippen LogP) is 3.30. The van der Waals surface area contributed by atoms with E-state index in [-0.39, 0.29) is 0 Å². The Morgan fingerprint density at radius 3 is 2.06 bits per heavy atom. The molecular weight excluding hydrogens is 249 g/mol. The van der Waals surface area contributed by atoms with Gasteiger partial charge in [-0.3, -0.25) is 5.32 Å². The van der Waals surface area contributed by atoms with E-state index in [0.29, 0.717) is 6.07 Å². The molecule has 1 aromatic rings. The summed E-state index contributed by atoms with van der Waals surface area (Å²) in [5.74, 6) is -5.15. The van der Waals surface area contributed by atoms with Crippen molar-refractivity contribution < 1.29 is 31.9 Å². The Balaban J connectivity index is 3.26. The molecule has 0 aliphatic carbocycles. The Labute approximate surface area is 91.9 Å². The highest BCUT2D eigenvalue weighted by Crippen LogP contribution is 2.46. The second-order valence-electron chi connectivity index (χ2n) is 3.03. The van der Waals surface area contributed by atoms with Crippen LogP contribution in [0.15, 0.2) is 24.3 Å². The number of para-hydroxylation sites is 1. The summed E-state index contributed by atoms with van der Waals surface area (Å²) in [4.78, 5) is 10.1. The van der Waals surface area contributed by atoms with Crippen molar-refractivity contribution in [2.24, 2.45) is 0 Å². The van der Waals surface area contributed by atoms with Crippen LogP contribution in [-0.2, 0) is 11.0 Å². The summed E-state index contributed by atoms with van der Waals surface area (Å²) in [6.07, 6.45) is -7.79. The highest BCUT2D eigenvalue weighted by molar-refractivity contribution is 5.84. The lowest BCUT2D eigenvalue weighted by Gasteiger charge is -2.21. The first kappa shape index (κ1) is 13.2. The van der Waals surface area contributed by atoms with E-state index in [0.717, 1.165) is 18.2 Å². The third-order valence-corrected chi connectivity index (χ3v) is 1.86. The minimum Gasteiger partial charge on any atom is -0.288 e. The lowest BCUT2D eigenvalue weighted by molar-refractivity contribution is -0.289. The van der Waals surface area contributed by atoms with E-state index in [4.69, 9.17) is 0 Å². The molecule has 0 spiro atoms. The van der Waals surface area contributed by atoms with Crippen molar-refractivity contribution in [2.75, 3.05) is 5.32 Å². The molecule has 1 radical (unpaired) electrons. The molecule has 3 nitrogen and oxygen atoms in total. The van der Waals surface area contributed by atoms with Crippen molar-refractivity contribution in [2.45, 2.75) is 12.1 Å². The molecular formula is C9H5F5NO2. The van der Waals surface area contributed by atoms with Gasteiger partial charge in [0.15, 0.2) is 0 Å². The van der Waals surface area contributed by atoms with Crippen LogP contribution in [0.5, 0.6) is 0 Å². The first-order valence-electron chi connectivity index (χ1n) is 4.18. The van der Waals surface area contributed by atoms with Gasteiger partial charge in [0.2, 0.25) is 0 Å². The van der Waals surface area contributed by atoms with Crippen LogP contribution in [0, 0.1) is 0 Å². The summed E-state index contributed by atoms with van der Waals surface area (Å²) < 4.78 is 62.3. The van der Waals surface area contributed by atoms with E-state index >= 15 is 0 Å². The molecule has 0 saturated heterocycles. The highest BCUT2D eigenvalue weighted by atomic mass is 19.4. The summed E-state index contributed by atoms with van der Waals surface area (Å²) in [6, 6.07) is 3.32. The molecule has 0 aliphatic rings. The molecule has 1 amide bonds. The van der Waals surface area contributed by atoms with Gasteiger partial charge >= 0.3 is 18.2 Å². The van der Waals surface area contributed by atoms with Crippen molar-refractivity contribution in [1.82, 2.24) is 0 Å². The maximum absolute atomic E-state index is 13.0. The van der Waals surface area contributed by atoms with E-state index in [2.05, 4.69) is 0 Å². The molecule has 93 valence electrons. The van der Waals surface area contributed by atoms with Crippen LogP contribution in [0.2, 0.25) is 0 Å². The molecule has 1 rings (SSSR count). The summed E-state index contributed by atoms with van der Waals surface area (Å²) >= 11 is 0. The van der Waals surface area contributed by atoms with Gasteiger partial charge in [0.25, 0.3) is 0 Å². The molecule has 0 atom stereocenters. The zero-order valence-corrected chi connectivity index (χ0v) is 8.02. The lowest BCUT2D eigenvalue weighted by atomic mass is 10.1. The molecule has 1 aromatic carbocycles. The summed E-state index contributed by atoms with van der Waals surface area (Å²) in [6.45, 7) is 0. The van der Waals surface area contributed by atoms with Crippen LogP contribution in [0.1, 0.15) is 5.56 Å². The standard InChI is InChI=1S/C9H5F5NO2/c10-8(11,9(12,13)14)5-3-1-2-4-6(5)15-7(16)17/h1-4,15H. The molecule has 1 N–H and O–H groups in total.